The topological polar surface area (TPSA) is 44.0 Å². The van der Waals surface area contributed by atoms with Crippen molar-refractivity contribution in [1.29, 1.82) is 0 Å². The van der Waals surface area contributed by atoms with Gasteiger partial charge in [-0.15, -0.1) is 0 Å². The second kappa shape index (κ2) is 6.56. The number of rotatable bonds is 3. The first-order valence-corrected chi connectivity index (χ1v) is 8.35. The van der Waals surface area contributed by atoms with Crippen LogP contribution in [-0.2, 0) is 7.05 Å². The summed E-state index contributed by atoms with van der Waals surface area (Å²) < 4.78 is 2.52. The molecular weight excluding hydrogens is 443 g/mol. The maximum Gasteiger partial charge on any atom is 0.264 e. The number of benzene rings is 1. The summed E-state index contributed by atoms with van der Waals surface area (Å²) in [5.41, 5.74) is 0.327. The molecule has 0 unspecified atom stereocenters. The predicted octanol–water partition coefficient (Wildman–Crippen LogP) is 3.86. The standard InChI is InChI=1S/C13H9Br2ClN2O2S/c1-17-12(20)9(10(19)11(14)15)6-18(13(17)21)8-4-2-7(16)3-5-8/h2-6,11H,1H3. The number of ketones is 1. The summed E-state index contributed by atoms with van der Waals surface area (Å²) in [6.07, 6.45) is 1.45. The fraction of sp³-hybridized carbons (Fsp3) is 0.154. The van der Waals surface area contributed by atoms with E-state index in [0.29, 0.717) is 9.79 Å². The Bertz CT molecular complexity index is 812. The van der Waals surface area contributed by atoms with Gasteiger partial charge in [0.15, 0.2) is 10.6 Å². The van der Waals surface area contributed by atoms with Crippen LogP contribution in [0.5, 0.6) is 0 Å². The summed E-state index contributed by atoms with van der Waals surface area (Å²) in [7, 11) is 1.53. The third-order valence-electron chi connectivity index (χ3n) is 2.85. The van der Waals surface area contributed by atoms with Crippen LogP contribution in [0.2, 0.25) is 5.02 Å². The highest BCUT2D eigenvalue weighted by Crippen LogP contribution is 2.17. The Morgan fingerprint density at radius 3 is 2.38 bits per heavy atom. The molecule has 0 aliphatic rings. The number of alkyl halides is 2. The van der Waals surface area contributed by atoms with E-state index in [4.69, 9.17) is 23.8 Å². The van der Waals surface area contributed by atoms with Crippen LogP contribution in [0.1, 0.15) is 10.4 Å². The van der Waals surface area contributed by atoms with Gasteiger partial charge in [-0.3, -0.25) is 18.7 Å². The van der Waals surface area contributed by atoms with Crippen molar-refractivity contribution in [2.75, 3.05) is 0 Å². The third kappa shape index (κ3) is 3.36. The number of Topliss-reactive ketones (excluding diaryl/α,β-unsaturated/α-hetero) is 1. The molecule has 2 rings (SSSR count). The number of hydrogen-bond donors (Lipinski definition) is 0. The van der Waals surface area contributed by atoms with Gasteiger partial charge in [0.25, 0.3) is 5.56 Å². The van der Waals surface area contributed by atoms with E-state index in [-0.39, 0.29) is 11.3 Å². The van der Waals surface area contributed by atoms with Gasteiger partial charge < -0.3 is 0 Å². The molecule has 0 bridgehead atoms. The van der Waals surface area contributed by atoms with Gasteiger partial charge in [-0.1, -0.05) is 43.5 Å². The largest absolute Gasteiger partial charge is 0.293 e. The Hall–Kier alpha value is -0.760. The minimum atomic E-state index is -0.632. The lowest BCUT2D eigenvalue weighted by molar-refractivity contribution is 0.101. The van der Waals surface area contributed by atoms with Crippen LogP contribution in [0.25, 0.3) is 5.69 Å². The predicted molar refractivity (Wildman–Crippen MR) is 92.8 cm³/mol. The normalized spacial score (nSPS) is 10.9. The van der Waals surface area contributed by atoms with E-state index >= 15 is 0 Å². The van der Waals surface area contributed by atoms with Gasteiger partial charge >= 0.3 is 0 Å². The molecule has 0 atom stereocenters. The minimum absolute atomic E-state index is 0.0415. The molecule has 0 saturated heterocycles. The van der Waals surface area contributed by atoms with Crippen molar-refractivity contribution in [2.24, 2.45) is 7.05 Å². The van der Waals surface area contributed by atoms with Crippen LogP contribution >= 0.6 is 55.7 Å². The zero-order valence-electron chi connectivity index (χ0n) is 10.7. The van der Waals surface area contributed by atoms with Crippen LogP contribution in [0.4, 0.5) is 0 Å². The Balaban J connectivity index is 2.73. The molecular formula is C13H9Br2ClN2O2S. The summed E-state index contributed by atoms with van der Waals surface area (Å²) >= 11 is 17.3. The van der Waals surface area contributed by atoms with Gasteiger partial charge in [0.1, 0.15) is 9.30 Å². The van der Waals surface area contributed by atoms with E-state index < -0.39 is 9.30 Å². The van der Waals surface area contributed by atoms with Gasteiger partial charge in [0.2, 0.25) is 0 Å². The zero-order valence-corrected chi connectivity index (χ0v) is 15.5. The van der Waals surface area contributed by atoms with Crippen LogP contribution < -0.4 is 5.56 Å². The maximum atomic E-state index is 12.2. The molecule has 0 fully saturated rings. The maximum absolute atomic E-state index is 12.2. The molecule has 8 heteroatoms. The van der Waals surface area contributed by atoms with Gasteiger partial charge in [-0.2, -0.15) is 0 Å². The minimum Gasteiger partial charge on any atom is -0.293 e. The average molecular weight is 453 g/mol. The van der Waals surface area contributed by atoms with Crippen molar-refractivity contribution < 1.29 is 4.79 Å². The summed E-state index contributed by atoms with van der Waals surface area (Å²) in [4.78, 5) is 24.3. The first kappa shape index (κ1) is 16.6. The second-order valence-corrected chi connectivity index (χ2v) is 8.06. The van der Waals surface area contributed by atoms with Gasteiger partial charge in [0.05, 0.1) is 0 Å². The molecule has 0 saturated carbocycles. The fourth-order valence-electron chi connectivity index (χ4n) is 1.74. The van der Waals surface area contributed by atoms with Crippen LogP contribution in [0, 0.1) is 4.77 Å². The highest BCUT2D eigenvalue weighted by molar-refractivity contribution is 9.25. The Labute approximate surface area is 147 Å². The highest BCUT2D eigenvalue weighted by Gasteiger charge is 2.19. The lowest BCUT2D eigenvalue weighted by Crippen LogP contribution is -2.29. The molecule has 110 valence electrons. The summed E-state index contributed by atoms with van der Waals surface area (Å²) in [6, 6.07) is 6.94. The van der Waals surface area contributed by atoms with Crippen molar-refractivity contribution in [3.8, 4) is 5.69 Å². The Morgan fingerprint density at radius 1 is 1.29 bits per heavy atom. The number of nitrogens with zero attached hydrogens (tertiary/aromatic N) is 2. The number of carbonyl (C=O) groups excluding carboxylic acids is 1. The first-order valence-electron chi connectivity index (χ1n) is 5.74. The van der Waals surface area contributed by atoms with Crippen molar-refractivity contribution in [1.82, 2.24) is 9.13 Å². The number of halogens is 3. The molecule has 1 aromatic heterocycles. The lowest BCUT2D eigenvalue weighted by atomic mass is 10.2. The molecule has 21 heavy (non-hydrogen) atoms. The third-order valence-corrected chi connectivity index (χ3v) is 4.41. The van der Waals surface area contributed by atoms with E-state index in [2.05, 4.69) is 31.9 Å². The molecule has 0 N–H and O–H groups in total. The van der Waals surface area contributed by atoms with Crippen LogP contribution in [0.15, 0.2) is 35.3 Å². The molecule has 2 aromatic rings. The molecule has 0 amide bonds. The summed E-state index contributed by atoms with van der Waals surface area (Å²) in [5, 5.41) is 0.590. The molecule has 4 nitrogen and oxygen atoms in total. The van der Waals surface area contributed by atoms with Crippen LogP contribution in [0.3, 0.4) is 0 Å². The van der Waals surface area contributed by atoms with Gasteiger partial charge in [0, 0.05) is 24.0 Å². The zero-order chi connectivity index (χ0) is 15.7. The number of aromatic nitrogens is 2. The SMILES string of the molecule is Cn1c(=O)c(C(=O)C(Br)Br)cn(-c2ccc(Cl)cc2)c1=S. The number of hydrogen-bond acceptors (Lipinski definition) is 3. The molecule has 1 heterocycles. The van der Waals surface area contributed by atoms with E-state index in [9.17, 15) is 9.59 Å². The van der Waals surface area contributed by atoms with Crippen molar-refractivity contribution >= 4 is 61.5 Å². The van der Waals surface area contributed by atoms with Crippen molar-refractivity contribution in [3.63, 3.8) is 0 Å². The van der Waals surface area contributed by atoms with E-state index in [1.165, 1.54) is 17.8 Å². The summed E-state index contributed by atoms with van der Waals surface area (Å²) in [5.74, 6) is -0.367. The van der Waals surface area contributed by atoms with Crippen molar-refractivity contribution in [3.05, 3.63) is 56.2 Å². The molecule has 0 spiro atoms. The Morgan fingerprint density at radius 2 is 1.86 bits per heavy atom. The summed E-state index contributed by atoms with van der Waals surface area (Å²) in [6.45, 7) is 0. The number of carbonyl (C=O) groups is 1. The average Bonchev–Trinajstić information content (AvgIpc) is 2.45. The van der Waals surface area contributed by atoms with E-state index in [1.807, 2.05) is 0 Å². The van der Waals surface area contributed by atoms with Crippen LogP contribution in [-0.4, -0.2) is 18.7 Å². The smallest absolute Gasteiger partial charge is 0.264 e. The molecule has 0 aliphatic heterocycles. The van der Waals surface area contributed by atoms with Gasteiger partial charge in [-0.25, -0.2) is 0 Å². The fourth-order valence-corrected chi connectivity index (χ4v) is 2.60. The lowest BCUT2D eigenvalue weighted by Gasteiger charge is -2.12. The van der Waals surface area contributed by atoms with Gasteiger partial charge in [-0.05, 0) is 36.5 Å². The quantitative estimate of drug-likeness (QED) is 0.404. The molecule has 0 aliphatic carbocycles. The molecule has 1 aromatic carbocycles. The van der Waals surface area contributed by atoms with Crippen molar-refractivity contribution in [2.45, 2.75) is 3.74 Å². The Kier molecular flexibility index (Phi) is 5.19. The van der Waals surface area contributed by atoms with E-state index in [1.54, 1.807) is 28.8 Å². The highest BCUT2D eigenvalue weighted by atomic mass is 79.9. The molecule has 0 radical (unpaired) electrons. The first-order chi connectivity index (χ1) is 9.82. The monoisotopic (exact) mass is 450 g/mol. The second-order valence-electron chi connectivity index (χ2n) is 4.20. The van der Waals surface area contributed by atoms with E-state index in [0.717, 1.165) is 5.69 Å².